The second-order valence-corrected chi connectivity index (χ2v) is 7.86. The van der Waals surface area contributed by atoms with Gasteiger partial charge in [-0.25, -0.2) is 0 Å². The molecule has 0 atom stereocenters. The van der Waals surface area contributed by atoms with Crippen LogP contribution in [0.5, 0.6) is 0 Å². The zero-order valence-electron chi connectivity index (χ0n) is 13.6. The smallest absolute Gasteiger partial charge is 0.0334 e. The zero-order valence-corrected chi connectivity index (χ0v) is 13.6. The van der Waals surface area contributed by atoms with Gasteiger partial charge in [-0.3, -0.25) is 4.90 Å². The summed E-state index contributed by atoms with van der Waals surface area (Å²) in [5.41, 5.74) is 7.46. The Morgan fingerprint density at radius 1 is 1.00 bits per heavy atom. The van der Waals surface area contributed by atoms with Gasteiger partial charge in [-0.1, -0.05) is 19.8 Å². The molecule has 0 aromatic rings. The summed E-state index contributed by atoms with van der Waals surface area (Å²) in [6, 6.07) is 0. The molecule has 2 aliphatic rings. The highest BCUT2D eigenvalue weighted by molar-refractivity contribution is 5.03. The maximum absolute atomic E-state index is 6.24. The highest BCUT2D eigenvalue weighted by atomic mass is 15.2. The summed E-state index contributed by atoms with van der Waals surface area (Å²) >= 11 is 0. The minimum absolute atomic E-state index is 0.257. The molecule has 0 saturated heterocycles. The molecule has 19 heavy (non-hydrogen) atoms. The molecule has 2 heteroatoms. The quantitative estimate of drug-likeness (QED) is 0.835. The average Bonchev–Trinajstić information content (AvgIpc) is 2.88. The summed E-state index contributed by atoms with van der Waals surface area (Å²) in [6.07, 6.45) is 12.5. The molecule has 0 radical (unpaired) electrons. The topological polar surface area (TPSA) is 29.3 Å². The third-order valence-electron chi connectivity index (χ3n) is 6.77. The van der Waals surface area contributed by atoms with Crippen molar-refractivity contribution in [1.29, 1.82) is 0 Å². The van der Waals surface area contributed by atoms with E-state index in [-0.39, 0.29) is 11.1 Å². The molecule has 0 unspecified atom stereocenters. The van der Waals surface area contributed by atoms with Gasteiger partial charge in [0.1, 0.15) is 0 Å². The Hall–Kier alpha value is -0.0800. The summed E-state index contributed by atoms with van der Waals surface area (Å²) in [7, 11) is 2.31. The first-order chi connectivity index (χ1) is 8.90. The molecule has 2 rings (SSSR count). The van der Waals surface area contributed by atoms with Gasteiger partial charge in [-0.2, -0.15) is 0 Å². The van der Waals surface area contributed by atoms with Crippen LogP contribution in [-0.4, -0.2) is 29.6 Å². The predicted octanol–water partition coefficient (Wildman–Crippen LogP) is 3.94. The fourth-order valence-corrected chi connectivity index (χ4v) is 4.43. The number of likely N-dealkylation sites (N-methyl/N-ethyl adjacent to an activating group) is 1. The van der Waals surface area contributed by atoms with Crippen LogP contribution in [0, 0.1) is 5.41 Å². The lowest BCUT2D eigenvalue weighted by molar-refractivity contribution is -0.0281. The lowest BCUT2D eigenvalue weighted by atomic mass is 9.65. The van der Waals surface area contributed by atoms with E-state index in [0.29, 0.717) is 5.41 Å². The molecule has 0 aromatic heterocycles. The van der Waals surface area contributed by atoms with Crippen LogP contribution in [0.15, 0.2) is 0 Å². The number of rotatable bonds is 4. The Morgan fingerprint density at radius 2 is 1.53 bits per heavy atom. The van der Waals surface area contributed by atoms with Crippen molar-refractivity contribution in [2.45, 2.75) is 89.6 Å². The van der Waals surface area contributed by atoms with Crippen LogP contribution in [0.4, 0.5) is 0 Å². The fourth-order valence-electron chi connectivity index (χ4n) is 4.43. The molecule has 2 fully saturated rings. The van der Waals surface area contributed by atoms with Gasteiger partial charge in [0.05, 0.1) is 0 Å². The van der Waals surface area contributed by atoms with Gasteiger partial charge in [0, 0.05) is 17.6 Å². The van der Waals surface area contributed by atoms with Crippen molar-refractivity contribution in [1.82, 2.24) is 4.90 Å². The van der Waals surface area contributed by atoms with Crippen LogP contribution in [0.2, 0.25) is 0 Å². The largest absolute Gasteiger partial charge is 0.329 e. The molecule has 2 nitrogen and oxygen atoms in total. The van der Waals surface area contributed by atoms with Crippen molar-refractivity contribution in [3.63, 3.8) is 0 Å². The Balaban J connectivity index is 2.09. The summed E-state index contributed by atoms with van der Waals surface area (Å²) in [5, 5.41) is 0. The van der Waals surface area contributed by atoms with Gasteiger partial charge < -0.3 is 5.73 Å². The van der Waals surface area contributed by atoms with E-state index in [1.54, 1.807) is 0 Å². The SMILES string of the molecule is CCC(C)(C)N(C)C1(CN)CCC2(CCCC2)CC1. The molecular formula is C17H34N2. The standard InChI is InChI=1S/C17H34N2/c1-5-15(2,3)19(4)17(14-18)12-10-16(11-13-17)8-6-7-9-16/h5-14,18H2,1-4H3. The highest BCUT2D eigenvalue weighted by Gasteiger charge is 2.47. The van der Waals surface area contributed by atoms with E-state index in [4.69, 9.17) is 5.73 Å². The Kier molecular flexibility index (Phi) is 4.32. The van der Waals surface area contributed by atoms with Gasteiger partial charge in [0.15, 0.2) is 0 Å². The first kappa shape index (κ1) is 15.3. The molecular weight excluding hydrogens is 232 g/mol. The molecule has 112 valence electrons. The van der Waals surface area contributed by atoms with E-state index >= 15 is 0 Å². The van der Waals surface area contributed by atoms with Crippen LogP contribution in [0.1, 0.15) is 78.6 Å². The molecule has 2 saturated carbocycles. The molecule has 0 aliphatic heterocycles. The Labute approximate surface area is 120 Å². The predicted molar refractivity (Wildman–Crippen MR) is 83.3 cm³/mol. The first-order valence-corrected chi connectivity index (χ1v) is 8.34. The molecule has 2 N–H and O–H groups in total. The summed E-state index contributed by atoms with van der Waals surface area (Å²) in [5.74, 6) is 0. The van der Waals surface area contributed by atoms with Gasteiger partial charge in [0.2, 0.25) is 0 Å². The van der Waals surface area contributed by atoms with Crippen LogP contribution in [0.3, 0.4) is 0 Å². The van der Waals surface area contributed by atoms with Crippen molar-refractivity contribution >= 4 is 0 Å². The lowest BCUT2D eigenvalue weighted by Gasteiger charge is -2.54. The molecule has 0 aromatic carbocycles. The van der Waals surface area contributed by atoms with Crippen LogP contribution >= 0.6 is 0 Å². The van der Waals surface area contributed by atoms with E-state index in [1.165, 1.54) is 57.8 Å². The minimum Gasteiger partial charge on any atom is -0.329 e. The van der Waals surface area contributed by atoms with Crippen molar-refractivity contribution < 1.29 is 0 Å². The third-order valence-corrected chi connectivity index (χ3v) is 6.77. The second-order valence-electron chi connectivity index (χ2n) is 7.86. The molecule has 1 spiro atoms. The molecule has 0 bridgehead atoms. The van der Waals surface area contributed by atoms with Gasteiger partial charge in [-0.05, 0) is 71.3 Å². The van der Waals surface area contributed by atoms with E-state index in [2.05, 4.69) is 32.7 Å². The van der Waals surface area contributed by atoms with Crippen molar-refractivity contribution in [2.24, 2.45) is 11.1 Å². The maximum atomic E-state index is 6.24. The monoisotopic (exact) mass is 266 g/mol. The van der Waals surface area contributed by atoms with Crippen LogP contribution in [0.25, 0.3) is 0 Å². The normalized spacial score (nSPS) is 26.2. The minimum atomic E-state index is 0.257. The Morgan fingerprint density at radius 3 is 1.95 bits per heavy atom. The van der Waals surface area contributed by atoms with Crippen LogP contribution < -0.4 is 5.73 Å². The van der Waals surface area contributed by atoms with Crippen molar-refractivity contribution in [3.05, 3.63) is 0 Å². The third kappa shape index (κ3) is 2.71. The molecule has 2 aliphatic carbocycles. The summed E-state index contributed by atoms with van der Waals surface area (Å²) < 4.78 is 0. The average molecular weight is 266 g/mol. The van der Waals surface area contributed by atoms with Gasteiger partial charge in [0.25, 0.3) is 0 Å². The van der Waals surface area contributed by atoms with E-state index in [9.17, 15) is 0 Å². The van der Waals surface area contributed by atoms with Gasteiger partial charge in [-0.15, -0.1) is 0 Å². The Bertz CT molecular complexity index is 292. The maximum Gasteiger partial charge on any atom is 0.0334 e. The van der Waals surface area contributed by atoms with Crippen molar-refractivity contribution in [3.8, 4) is 0 Å². The number of hydrogen-bond donors (Lipinski definition) is 1. The number of hydrogen-bond acceptors (Lipinski definition) is 2. The second kappa shape index (κ2) is 5.37. The van der Waals surface area contributed by atoms with E-state index < -0.39 is 0 Å². The van der Waals surface area contributed by atoms with Crippen molar-refractivity contribution in [2.75, 3.05) is 13.6 Å². The van der Waals surface area contributed by atoms with Crippen LogP contribution in [-0.2, 0) is 0 Å². The summed E-state index contributed by atoms with van der Waals surface area (Å²) in [4.78, 5) is 2.61. The first-order valence-electron chi connectivity index (χ1n) is 8.34. The lowest BCUT2D eigenvalue weighted by Crippen LogP contribution is -2.61. The fraction of sp³-hybridized carbons (Fsp3) is 1.00. The van der Waals surface area contributed by atoms with E-state index in [1.807, 2.05) is 0 Å². The summed E-state index contributed by atoms with van der Waals surface area (Å²) in [6.45, 7) is 7.85. The number of nitrogens with two attached hydrogens (primary N) is 1. The van der Waals surface area contributed by atoms with E-state index in [0.717, 1.165) is 6.54 Å². The number of nitrogens with zero attached hydrogens (tertiary/aromatic N) is 1. The highest BCUT2D eigenvalue weighted by Crippen LogP contribution is 2.52. The van der Waals surface area contributed by atoms with Gasteiger partial charge >= 0.3 is 0 Å². The molecule has 0 heterocycles. The molecule has 0 amide bonds. The zero-order chi connectivity index (χ0) is 14.1.